The Kier molecular flexibility index (Phi) is 25.5. The third kappa shape index (κ3) is 18.7. The van der Waals surface area contributed by atoms with E-state index in [1.807, 2.05) is 13.8 Å². The highest BCUT2D eigenvalue weighted by atomic mass is 16.5. The molecule has 13 heavy (non-hydrogen) atoms. The summed E-state index contributed by atoms with van der Waals surface area (Å²) in [5, 5.41) is 0. The predicted octanol–water partition coefficient (Wildman–Crippen LogP) is 2.35. The van der Waals surface area contributed by atoms with Crippen molar-refractivity contribution in [1.82, 2.24) is 0 Å². The molecule has 0 saturated heterocycles. The van der Waals surface area contributed by atoms with Gasteiger partial charge in [0.15, 0.2) is 0 Å². The maximum absolute atomic E-state index is 5.19. The molecule has 0 spiro atoms. The van der Waals surface area contributed by atoms with E-state index >= 15 is 0 Å². The second-order valence-electron chi connectivity index (χ2n) is 2.01. The Morgan fingerprint density at radius 1 is 0.615 bits per heavy atom. The van der Waals surface area contributed by atoms with Gasteiger partial charge in [0.25, 0.3) is 0 Å². The standard InChI is InChI=1S/C8H18O3.2CH4/c1-3-9-5-7-11-8-6-10-4-2;;/h3-8H2,1-2H3;2*1H4. The van der Waals surface area contributed by atoms with Crippen molar-refractivity contribution in [3.05, 3.63) is 0 Å². The lowest BCUT2D eigenvalue weighted by atomic mass is 10.7. The van der Waals surface area contributed by atoms with Crippen LogP contribution in [0.15, 0.2) is 0 Å². The van der Waals surface area contributed by atoms with E-state index in [1.165, 1.54) is 0 Å². The second-order valence-corrected chi connectivity index (χ2v) is 2.01. The quantitative estimate of drug-likeness (QED) is 0.555. The van der Waals surface area contributed by atoms with Crippen molar-refractivity contribution < 1.29 is 14.2 Å². The van der Waals surface area contributed by atoms with Crippen LogP contribution in [0.25, 0.3) is 0 Å². The highest BCUT2D eigenvalue weighted by Gasteiger charge is 1.87. The van der Waals surface area contributed by atoms with Crippen LogP contribution in [0.3, 0.4) is 0 Å². The first-order chi connectivity index (χ1) is 5.41. The zero-order valence-corrected chi connectivity index (χ0v) is 7.47. The molecule has 0 rings (SSSR count). The van der Waals surface area contributed by atoms with Crippen molar-refractivity contribution in [2.75, 3.05) is 39.6 Å². The van der Waals surface area contributed by atoms with Crippen molar-refractivity contribution >= 4 is 0 Å². The van der Waals surface area contributed by atoms with E-state index in [2.05, 4.69) is 0 Å². The minimum Gasteiger partial charge on any atom is -0.379 e. The molecule has 0 saturated carbocycles. The first-order valence-electron chi connectivity index (χ1n) is 4.15. The van der Waals surface area contributed by atoms with E-state index in [4.69, 9.17) is 14.2 Å². The van der Waals surface area contributed by atoms with E-state index in [0.29, 0.717) is 26.4 Å². The Hall–Kier alpha value is -0.120. The fourth-order valence-electron chi connectivity index (χ4n) is 0.626. The normalized spacial score (nSPS) is 8.77. The van der Waals surface area contributed by atoms with Crippen LogP contribution >= 0.6 is 0 Å². The van der Waals surface area contributed by atoms with Crippen molar-refractivity contribution in [1.29, 1.82) is 0 Å². The minimum atomic E-state index is 0. The molecule has 84 valence electrons. The van der Waals surface area contributed by atoms with E-state index < -0.39 is 0 Å². The fourth-order valence-corrected chi connectivity index (χ4v) is 0.626. The summed E-state index contributed by atoms with van der Waals surface area (Å²) < 4.78 is 15.3. The molecule has 0 aromatic rings. The molecule has 0 bridgehead atoms. The maximum Gasteiger partial charge on any atom is 0.0701 e. The van der Waals surface area contributed by atoms with Crippen LogP contribution in [-0.4, -0.2) is 39.6 Å². The average Bonchev–Trinajstić information content (AvgIpc) is 2.03. The van der Waals surface area contributed by atoms with Crippen molar-refractivity contribution in [3.8, 4) is 0 Å². The Balaban J connectivity index is -0.000000500. The summed E-state index contributed by atoms with van der Waals surface area (Å²) in [4.78, 5) is 0. The van der Waals surface area contributed by atoms with Gasteiger partial charge in [0.05, 0.1) is 26.4 Å². The fraction of sp³-hybridized carbons (Fsp3) is 1.00. The first-order valence-corrected chi connectivity index (χ1v) is 4.15. The molecule has 0 aromatic carbocycles. The maximum atomic E-state index is 5.19. The van der Waals surface area contributed by atoms with Gasteiger partial charge in [-0.3, -0.25) is 0 Å². The monoisotopic (exact) mass is 194 g/mol. The number of hydrogen-bond donors (Lipinski definition) is 0. The molecule has 0 aliphatic rings. The molecule has 0 aliphatic heterocycles. The SMILES string of the molecule is C.C.CCOCCOCCOCC. The number of ether oxygens (including phenoxy) is 3. The summed E-state index contributed by atoms with van der Waals surface area (Å²) >= 11 is 0. The van der Waals surface area contributed by atoms with Crippen LogP contribution in [0, 0.1) is 0 Å². The summed E-state index contributed by atoms with van der Waals surface area (Å²) in [5.41, 5.74) is 0. The lowest BCUT2D eigenvalue weighted by Gasteiger charge is -2.03. The predicted molar refractivity (Wildman–Crippen MR) is 57.3 cm³/mol. The summed E-state index contributed by atoms with van der Waals surface area (Å²) in [5.74, 6) is 0. The van der Waals surface area contributed by atoms with Gasteiger partial charge in [-0.1, -0.05) is 14.9 Å². The van der Waals surface area contributed by atoms with Gasteiger partial charge < -0.3 is 14.2 Å². The zero-order valence-electron chi connectivity index (χ0n) is 7.47. The lowest BCUT2D eigenvalue weighted by molar-refractivity contribution is 0.0195. The highest BCUT2D eigenvalue weighted by Crippen LogP contribution is 1.79. The summed E-state index contributed by atoms with van der Waals surface area (Å²) in [6, 6.07) is 0. The van der Waals surface area contributed by atoms with Gasteiger partial charge in [-0.2, -0.15) is 0 Å². The van der Waals surface area contributed by atoms with Crippen LogP contribution in [-0.2, 0) is 14.2 Å². The van der Waals surface area contributed by atoms with Gasteiger partial charge in [0.1, 0.15) is 0 Å². The van der Waals surface area contributed by atoms with Gasteiger partial charge in [-0.05, 0) is 13.8 Å². The molecule has 3 heteroatoms. The van der Waals surface area contributed by atoms with Crippen LogP contribution in [0.1, 0.15) is 28.7 Å². The number of hydrogen-bond acceptors (Lipinski definition) is 3. The largest absolute Gasteiger partial charge is 0.379 e. The van der Waals surface area contributed by atoms with Crippen molar-refractivity contribution in [2.45, 2.75) is 28.7 Å². The average molecular weight is 194 g/mol. The molecule has 0 aromatic heterocycles. The van der Waals surface area contributed by atoms with Gasteiger partial charge in [0, 0.05) is 13.2 Å². The van der Waals surface area contributed by atoms with E-state index in [1.54, 1.807) is 0 Å². The molecule has 0 unspecified atom stereocenters. The third-order valence-corrected chi connectivity index (χ3v) is 1.15. The van der Waals surface area contributed by atoms with E-state index in [-0.39, 0.29) is 14.9 Å². The molecule has 0 aliphatic carbocycles. The van der Waals surface area contributed by atoms with Gasteiger partial charge in [0.2, 0.25) is 0 Å². The molecular formula is C10H26O3. The molecule has 0 atom stereocenters. The van der Waals surface area contributed by atoms with Crippen LogP contribution in [0.2, 0.25) is 0 Å². The van der Waals surface area contributed by atoms with E-state index in [9.17, 15) is 0 Å². The van der Waals surface area contributed by atoms with Crippen LogP contribution < -0.4 is 0 Å². The van der Waals surface area contributed by atoms with Gasteiger partial charge >= 0.3 is 0 Å². The summed E-state index contributed by atoms with van der Waals surface area (Å²) in [6.07, 6.45) is 0. The van der Waals surface area contributed by atoms with Crippen LogP contribution in [0.5, 0.6) is 0 Å². The van der Waals surface area contributed by atoms with E-state index in [0.717, 1.165) is 13.2 Å². The van der Waals surface area contributed by atoms with Gasteiger partial charge in [-0.15, -0.1) is 0 Å². The third-order valence-electron chi connectivity index (χ3n) is 1.15. The lowest BCUT2D eigenvalue weighted by Crippen LogP contribution is -2.08. The van der Waals surface area contributed by atoms with Crippen molar-refractivity contribution in [2.24, 2.45) is 0 Å². The molecule has 0 N–H and O–H groups in total. The highest BCUT2D eigenvalue weighted by molar-refractivity contribution is 4.30. The van der Waals surface area contributed by atoms with Gasteiger partial charge in [-0.25, -0.2) is 0 Å². The molecule has 0 radical (unpaired) electrons. The van der Waals surface area contributed by atoms with Crippen LogP contribution in [0.4, 0.5) is 0 Å². The summed E-state index contributed by atoms with van der Waals surface area (Å²) in [6.45, 7) is 8.16. The molecular weight excluding hydrogens is 168 g/mol. The Labute approximate surface area is 83.4 Å². The summed E-state index contributed by atoms with van der Waals surface area (Å²) in [7, 11) is 0. The molecule has 3 nitrogen and oxygen atoms in total. The Bertz CT molecular complexity index is 59.2. The Morgan fingerprint density at radius 3 is 1.23 bits per heavy atom. The van der Waals surface area contributed by atoms with Crippen molar-refractivity contribution in [3.63, 3.8) is 0 Å². The first kappa shape index (κ1) is 18.6. The molecule has 0 fully saturated rings. The smallest absolute Gasteiger partial charge is 0.0701 e. The minimum absolute atomic E-state index is 0. The molecule has 0 heterocycles. The molecule has 0 amide bonds. The topological polar surface area (TPSA) is 27.7 Å². The Morgan fingerprint density at radius 2 is 0.923 bits per heavy atom. The number of rotatable bonds is 8. The second kappa shape index (κ2) is 17.8. The zero-order chi connectivity index (χ0) is 8.36.